The van der Waals surface area contributed by atoms with Crippen LogP contribution < -0.4 is 10.6 Å². The van der Waals surface area contributed by atoms with Gasteiger partial charge in [-0.3, -0.25) is 35.1 Å². The van der Waals surface area contributed by atoms with Crippen LogP contribution in [0, 0.1) is 30.3 Å². The van der Waals surface area contributed by atoms with Crippen molar-refractivity contribution in [1.82, 2.24) is 0 Å². The summed E-state index contributed by atoms with van der Waals surface area (Å²) < 4.78 is 0. The van der Waals surface area contributed by atoms with Gasteiger partial charge in [0.25, 0.3) is 23.0 Å². The third-order valence-electron chi connectivity index (χ3n) is 4.13. The molecule has 0 aliphatic rings. The summed E-state index contributed by atoms with van der Waals surface area (Å²) in [6.07, 6.45) is 0. The van der Waals surface area contributed by atoms with Crippen molar-refractivity contribution >= 4 is 40.0 Å². The van der Waals surface area contributed by atoms with Crippen LogP contribution in [0.1, 0.15) is 10.4 Å². The Morgan fingerprint density at radius 1 is 0.710 bits per heavy atom. The number of nitro benzene ring substituents is 3. The molecule has 0 saturated carbocycles. The molecule has 0 unspecified atom stereocenters. The monoisotopic (exact) mass is 423 g/mol. The Morgan fingerprint density at radius 3 is 1.94 bits per heavy atom. The number of carbonyl (C=O) groups is 1. The minimum absolute atomic E-state index is 0.0592. The van der Waals surface area contributed by atoms with Crippen molar-refractivity contribution in [2.75, 3.05) is 10.6 Å². The van der Waals surface area contributed by atoms with E-state index in [9.17, 15) is 35.1 Å². The zero-order valence-electron chi connectivity index (χ0n) is 15.6. The fourth-order valence-corrected chi connectivity index (χ4v) is 2.65. The van der Waals surface area contributed by atoms with Gasteiger partial charge in [-0.2, -0.15) is 0 Å². The molecule has 3 aromatic rings. The zero-order valence-corrected chi connectivity index (χ0v) is 15.6. The van der Waals surface area contributed by atoms with Crippen molar-refractivity contribution in [3.8, 4) is 0 Å². The standard InChI is InChI=1S/C19H13N5O7/c25-19(12-2-1-3-15(10-12)22(26)27)21-14-6-4-13(5-7-14)20-17-9-8-16(23(28)29)11-18(17)24(30)31/h1-11,20H,(H,21,25). The van der Waals surface area contributed by atoms with Gasteiger partial charge < -0.3 is 10.6 Å². The Hall–Kier alpha value is -4.87. The Labute approximate surface area is 173 Å². The summed E-state index contributed by atoms with van der Waals surface area (Å²) in [4.78, 5) is 43.1. The summed E-state index contributed by atoms with van der Waals surface area (Å²) in [5.74, 6) is -0.546. The van der Waals surface area contributed by atoms with E-state index in [1.54, 1.807) is 0 Å². The van der Waals surface area contributed by atoms with Crippen LogP contribution in [0.25, 0.3) is 0 Å². The molecule has 0 aliphatic heterocycles. The second-order valence-electron chi connectivity index (χ2n) is 6.18. The minimum atomic E-state index is -0.733. The zero-order chi connectivity index (χ0) is 22.5. The first kappa shape index (κ1) is 20.9. The molecule has 12 nitrogen and oxygen atoms in total. The minimum Gasteiger partial charge on any atom is -0.350 e. The van der Waals surface area contributed by atoms with Gasteiger partial charge in [-0.25, -0.2) is 0 Å². The van der Waals surface area contributed by atoms with Crippen molar-refractivity contribution in [1.29, 1.82) is 0 Å². The first-order valence-corrected chi connectivity index (χ1v) is 8.60. The number of hydrogen-bond donors (Lipinski definition) is 2. The van der Waals surface area contributed by atoms with Gasteiger partial charge in [-0.15, -0.1) is 0 Å². The van der Waals surface area contributed by atoms with Gasteiger partial charge in [0, 0.05) is 35.1 Å². The molecule has 0 aromatic heterocycles. The molecule has 0 atom stereocenters. The number of nitro groups is 3. The second kappa shape index (κ2) is 8.65. The van der Waals surface area contributed by atoms with Gasteiger partial charge in [-0.05, 0) is 36.4 Å². The Balaban J connectivity index is 1.74. The van der Waals surface area contributed by atoms with E-state index in [4.69, 9.17) is 0 Å². The fraction of sp³-hybridized carbons (Fsp3) is 0. The number of carbonyl (C=O) groups excluding carboxylic acids is 1. The predicted octanol–water partition coefficient (Wildman–Crippen LogP) is 4.41. The maximum absolute atomic E-state index is 12.3. The quantitative estimate of drug-likeness (QED) is 0.415. The molecule has 0 aliphatic carbocycles. The summed E-state index contributed by atoms with van der Waals surface area (Å²) in [7, 11) is 0. The van der Waals surface area contributed by atoms with Crippen LogP contribution in [0.4, 0.5) is 34.1 Å². The molecule has 0 bridgehead atoms. The normalized spacial score (nSPS) is 10.2. The van der Waals surface area contributed by atoms with E-state index >= 15 is 0 Å². The molecule has 12 heteroatoms. The van der Waals surface area contributed by atoms with E-state index in [0.717, 1.165) is 18.2 Å². The Morgan fingerprint density at radius 2 is 1.32 bits per heavy atom. The highest BCUT2D eigenvalue weighted by atomic mass is 16.6. The lowest BCUT2D eigenvalue weighted by atomic mass is 10.2. The lowest BCUT2D eigenvalue weighted by Gasteiger charge is -2.09. The molecule has 3 rings (SSSR count). The van der Waals surface area contributed by atoms with Crippen LogP contribution in [0.5, 0.6) is 0 Å². The van der Waals surface area contributed by atoms with Gasteiger partial charge in [0.2, 0.25) is 0 Å². The van der Waals surface area contributed by atoms with Gasteiger partial charge in [-0.1, -0.05) is 6.07 Å². The van der Waals surface area contributed by atoms with Crippen molar-refractivity contribution in [2.24, 2.45) is 0 Å². The van der Waals surface area contributed by atoms with E-state index in [0.29, 0.717) is 11.4 Å². The van der Waals surface area contributed by atoms with Crippen molar-refractivity contribution in [3.05, 3.63) is 103 Å². The Bertz CT molecular complexity index is 1190. The number of nitrogens with one attached hydrogen (secondary N) is 2. The lowest BCUT2D eigenvalue weighted by molar-refractivity contribution is -0.393. The summed E-state index contributed by atoms with van der Waals surface area (Å²) in [5, 5.41) is 38.3. The number of anilines is 3. The molecule has 0 saturated heterocycles. The highest BCUT2D eigenvalue weighted by Gasteiger charge is 2.19. The molecule has 0 fully saturated rings. The van der Waals surface area contributed by atoms with Crippen LogP contribution in [0.3, 0.4) is 0 Å². The van der Waals surface area contributed by atoms with E-state index in [1.165, 1.54) is 48.5 Å². The van der Waals surface area contributed by atoms with E-state index in [-0.39, 0.29) is 16.9 Å². The smallest absolute Gasteiger partial charge is 0.299 e. The first-order chi connectivity index (χ1) is 14.7. The van der Waals surface area contributed by atoms with E-state index in [2.05, 4.69) is 10.6 Å². The summed E-state index contributed by atoms with van der Waals surface area (Å²) in [5.41, 5.74) is -0.0851. The van der Waals surface area contributed by atoms with Gasteiger partial charge in [0.1, 0.15) is 5.69 Å². The van der Waals surface area contributed by atoms with Crippen molar-refractivity contribution in [2.45, 2.75) is 0 Å². The summed E-state index contributed by atoms with van der Waals surface area (Å²) in [6.45, 7) is 0. The fourth-order valence-electron chi connectivity index (χ4n) is 2.65. The summed E-state index contributed by atoms with van der Waals surface area (Å²) in [6, 6.07) is 14.6. The molecule has 0 spiro atoms. The highest BCUT2D eigenvalue weighted by Crippen LogP contribution is 2.31. The molecule has 0 radical (unpaired) electrons. The molecular weight excluding hydrogens is 410 g/mol. The van der Waals surface area contributed by atoms with E-state index in [1.807, 2.05) is 0 Å². The topological polar surface area (TPSA) is 171 Å². The van der Waals surface area contributed by atoms with Gasteiger partial charge in [0.15, 0.2) is 0 Å². The highest BCUT2D eigenvalue weighted by molar-refractivity contribution is 6.04. The van der Waals surface area contributed by atoms with Crippen molar-refractivity contribution in [3.63, 3.8) is 0 Å². The molecular formula is C19H13N5O7. The second-order valence-corrected chi connectivity index (χ2v) is 6.18. The summed E-state index contributed by atoms with van der Waals surface area (Å²) >= 11 is 0. The molecule has 0 heterocycles. The molecule has 31 heavy (non-hydrogen) atoms. The number of hydrogen-bond acceptors (Lipinski definition) is 8. The average molecular weight is 423 g/mol. The third kappa shape index (κ3) is 4.95. The number of nitrogens with zero attached hydrogens (tertiary/aromatic N) is 3. The third-order valence-corrected chi connectivity index (χ3v) is 4.13. The average Bonchev–Trinajstić information content (AvgIpc) is 2.75. The maximum Gasteiger partial charge on any atom is 0.299 e. The molecule has 2 N–H and O–H groups in total. The van der Waals surface area contributed by atoms with Crippen LogP contribution >= 0.6 is 0 Å². The number of rotatable bonds is 7. The number of benzene rings is 3. The van der Waals surface area contributed by atoms with Crippen LogP contribution in [-0.4, -0.2) is 20.7 Å². The molecule has 3 aromatic carbocycles. The van der Waals surface area contributed by atoms with Gasteiger partial charge >= 0.3 is 0 Å². The largest absolute Gasteiger partial charge is 0.350 e. The lowest BCUT2D eigenvalue weighted by Crippen LogP contribution is -2.12. The number of amides is 1. The van der Waals surface area contributed by atoms with Gasteiger partial charge in [0.05, 0.1) is 20.8 Å². The maximum atomic E-state index is 12.3. The van der Waals surface area contributed by atoms with E-state index < -0.39 is 32.1 Å². The number of non-ortho nitro benzene ring substituents is 2. The first-order valence-electron chi connectivity index (χ1n) is 8.60. The van der Waals surface area contributed by atoms with Crippen LogP contribution in [0.15, 0.2) is 66.7 Å². The SMILES string of the molecule is O=C(Nc1ccc(Nc2ccc([N+](=O)[O-])cc2[N+](=O)[O-])cc1)c1cccc([N+](=O)[O-])c1. The van der Waals surface area contributed by atoms with Crippen LogP contribution in [0.2, 0.25) is 0 Å². The molecule has 1 amide bonds. The van der Waals surface area contributed by atoms with Crippen molar-refractivity contribution < 1.29 is 19.6 Å². The predicted molar refractivity (Wildman–Crippen MR) is 111 cm³/mol. The molecule has 156 valence electrons. The Kier molecular flexibility index (Phi) is 5.82. The van der Waals surface area contributed by atoms with Crippen LogP contribution in [-0.2, 0) is 0 Å².